The van der Waals surface area contributed by atoms with Gasteiger partial charge in [-0.15, -0.1) is 0 Å². The van der Waals surface area contributed by atoms with Crippen molar-refractivity contribution in [2.24, 2.45) is 12.8 Å². The SMILES string of the molecule is CC(C)OCC(N)c1c(Cl)cnn1C. The first-order chi connectivity index (χ1) is 6.52. The molecule has 1 heterocycles. The lowest BCUT2D eigenvalue weighted by Crippen LogP contribution is -2.22. The molecule has 1 atom stereocenters. The highest BCUT2D eigenvalue weighted by Crippen LogP contribution is 2.20. The number of aromatic nitrogens is 2. The Kier molecular flexibility index (Phi) is 3.92. The largest absolute Gasteiger partial charge is 0.377 e. The van der Waals surface area contributed by atoms with Crippen LogP contribution in [0.5, 0.6) is 0 Å². The summed E-state index contributed by atoms with van der Waals surface area (Å²) in [5.41, 5.74) is 6.73. The summed E-state index contributed by atoms with van der Waals surface area (Å²) < 4.78 is 7.09. The molecular formula is C9H16ClN3O. The highest BCUT2D eigenvalue weighted by molar-refractivity contribution is 6.31. The monoisotopic (exact) mass is 217 g/mol. The normalized spacial score (nSPS) is 13.6. The van der Waals surface area contributed by atoms with E-state index < -0.39 is 0 Å². The topological polar surface area (TPSA) is 53.1 Å². The van der Waals surface area contributed by atoms with E-state index in [0.29, 0.717) is 11.6 Å². The number of halogens is 1. The third-order valence-corrected chi connectivity index (χ3v) is 2.19. The van der Waals surface area contributed by atoms with E-state index in [9.17, 15) is 0 Å². The summed E-state index contributed by atoms with van der Waals surface area (Å²) in [4.78, 5) is 0. The van der Waals surface area contributed by atoms with Gasteiger partial charge in [-0.2, -0.15) is 5.10 Å². The Morgan fingerprint density at radius 2 is 2.29 bits per heavy atom. The molecule has 0 aliphatic heterocycles. The van der Waals surface area contributed by atoms with Gasteiger partial charge in [-0.25, -0.2) is 0 Å². The van der Waals surface area contributed by atoms with Crippen LogP contribution in [0.15, 0.2) is 6.20 Å². The van der Waals surface area contributed by atoms with Crippen molar-refractivity contribution in [3.05, 3.63) is 16.9 Å². The number of nitrogens with two attached hydrogens (primary N) is 1. The zero-order chi connectivity index (χ0) is 10.7. The molecule has 0 aliphatic rings. The zero-order valence-corrected chi connectivity index (χ0v) is 9.45. The van der Waals surface area contributed by atoms with Gasteiger partial charge in [-0.05, 0) is 13.8 Å². The van der Waals surface area contributed by atoms with E-state index in [1.54, 1.807) is 10.9 Å². The van der Waals surface area contributed by atoms with E-state index in [4.69, 9.17) is 22.1 Å². The lowest BCUT2D eigenvalue weighted by Gasteiger charge is -2.15. The maximum atomic E-state index is 5.94. The maximum Gasteiger partial charge on any atom is 0.0834 e. The lowest BCUT2D eigenvalue weighted by atomic mass is 10.2. The van der Waals surface area contributed by atoms with E-state index in [1.807, 2.05) is 20.9 Å². The molecule has 80 valence electrons. The molecule has 0 aromatic carbocycles. The fourth-order valence-electron chi connectivity index (χ4n) is 1.21. The van der Waals surface area contributed by atoms with Crippen LogP contribution in [-0.4, -0.2) is 22.5 Å². The Morgan fingerprint density at radius 3 is 2.71 bits per heavy atom. The molecule has 0 aliphatic carbocycles. The third kappa shape index (κ3) is 2.70. The van der Waals surface area contributed by atoms with Crippen molar-refractivity contribution in [2.75, 3.05) is 6.61 Å². The average Bonchev–Trinajstić information content (AvgIpc) is 2.42. The molecule has 1 rings (SSSR count). The number of rotatable bonds is 4. The summed E-state index contributed by atoms with van der Waals surface area (Å²) in [6.45, 7) is 4.39. The van der Waals surface area contributed by atoms with E-state index in [0.717, 1.165) is 5.69 Å². The average molecular weight is 218 g/mol. The fraction of sp³-hybridized carbons (Fsp3) is 0.667. The molecule has 0 saturated heterocycles. The highest BCUT2D eigenvalue weighted by Gasteiger charge is 2.15. The number of aryl methyl sites for hydroxylation is 1. The summed E-state index contributed by atoms with van der Waals surface area (Å²) >= 11 is 5.94. The van der Waals surface area contributed by atoms with Gasteiger partial charge in [-0.1, -0.05) is 11.6 Å². The number of ether oxygens (including phenoxy) is 1. The van der Waals surface area contributed by atoms with Crippen molar-refractivity contribution < 1.29 is 4.74 Å². The van der Waals surface area contributed by atoms with Crippen LogP contribution in [0, 0.1) is 0 Å². The summed E-state index contributed by atoms with van der Waals surface area (Å²) in [6, 6.07) is -0.225. The van der Waals surface area contributed by atoms with E-state index >= 15 is 0 Å². The summed E-state index contributed by atoms with van der Waals surface area (Å²) in [7, 11) is 1.82. The van der Waals surface area contributed by atoms with E-state index in [-0.39, 0.29) is 12.1 Å². The standard InChI is InChI=1S/C9H16ClN3O/c1-6(2)14-5-8(11)9-7(10)4-12-13(9)3/h4,6,8H,5,11H2,1-3H3. The molecule has 1 aromatic rings. The van der Waals surface area contributed by atoms with Crippen molar-refractivity contribution in [3.63, 3.8) is 0 Å². The van der Waals surface area contributed by atoms with Gasteiger partial charge in [-0.3, -0.25) is 4.68 Å². The molecule has 0 amide bonds. The predicted octanol–water partition coefficient (Wildman–Crippen LogP) is 1.50. The van der Waals surface area contributed by atoms with Gasteiger partial charge in [0.05, 0.1) is 35.7 Å². The second kappa shape index (κ2) is 4.77. The van der Waals surface area contributed by atoms with Gasteiger partial charge >= 0.3 is 0 Å². The maximum absolute atomic E-state index is 5.94. The molecule has 0 radical (unpaired) electrons. The molecular weight excluding hydrogens is 202 g/mol. The minimum atomic E-state index is -0.225. The minimum absolute atomic E-state index is 0.174. The summed E-state index contributed by atoms with van der Waals surface area (Å²) in [5, 5.41) is 4.60. The third-order valence-electron chi connectivity index (χ3n) is 1.90. The molecule has 1 aromatic heterocycles. The van der Waals surface area contributed by atoms with Crippen LogP contribution < -0.4 is 5.73 Å². The predicted molar refractivity (Wildman–Crippen MR) is 56.2 cm³/mol. The van der Waals surface area contributed by atoms with Gasteiger partial charge in [0.25, 0.3) is 0 Å². The Balaban J connectivity index is 2.64. The van der Waals surface area contributed by atoms with Crippen LogP contribution >= 0.6 is 11.6 Å². The molecule has 1 unspecified atom stereocenters. The van der Waals surface area contributed by atoms with E-state index in [2.05, 4.69) is 5.10 Å². The molecule has 4 nitrogen and oxygen atoms in total. The molecule has 0 bridgehead atoms. The first-order valence-electron chi connectivity index (χ1n) is 4.57. The van der Waals surface area contributed by atoms with Crippen LogP contribution in [0.1, 0.15) is 25.6 Å². The molecule has 2 N–H and O–H groups in total. The van der Waals surface area contributed by atoms with E-state index in [1.165, 1.54) is 0 Å². The van der Waals surface area contributed by atoms with Gasteiger partial charge in [0, 0.05) is 7.05 Å². The van der Waals surface area contributed by atoms with Crippen LogP contribution in [0.4, 0.5) is 0 Å². The van der Waals surface area contributed by atoms with Gasteiger partial charge in [0.2, 0.25) is 0 Å². The first-order valence-corrected chi connectivity index (χ1v) is 4.94. The highest BCUT2D eigenvalue weighted by atomic mass is 35.5. The second-order valence-electron chi connectivity index (χ2n) is 3.49. The Labute approximate surface area is 89.0 Å². The number of hydrogen-bond acceptors (Lipinski definition) is 3. The molecule has 0 spiro atoms. The van der Waals surface area contributed by atoms with Crippen molar-refractivity contribution in [1.82, 2.24) is 9.78 Å². The number of nitrogens with zero attached hydrogens (tertiary/aromatic N) is 2. The van der Waals surface area contributed by atoms with Crippen LogP contribution in [0.3, 0.4) is 0 Å². The van der Waals surface area contributed by atoms with Crippen LogP contribution in [-0.2, 0) is 11.8 Å². The zero-order valence-electron chi connectivity index (χ0n) is 8.70. The van der Waals surface area contributed by atoms with Gasteiger partial charge in [0.1, 0.15) is 0 Å². The summed E-state index contributed by atoms with van der Waals surface area (Å²) in [5.74, 6) is 0. The van der Waals surface area contributed by atoms with Crippen molar-refractivity contribution in [2.45, 2.75) is 26.0 Å². The summed E-state index contributed by atoms with van der Waals surface area (Å²) in [6.07, 6.45) is 1.76. The molecule has 5 heteroatoms. The van der Waals surface area contributed by atoms with Crippen molar-refractivity contribution in [1.29, 1.82) is 0 Å². The Morgan fingerprint density at radius 1 is 1.64 bits per heavy atom. The van der Waals surface area contributed by atoms with Gasteiger partial charge in [0.15, 0.2) is 0 Å². The second-order valence-corrected chi connectivity index (χ2v) is 3.90. The fourth-order valence-corrected chi connectivity index (χ4v) is 1.52. The smallest absolute Gasteiger partial charge is 0.0834 e. The van der Waals surface area contributed by atoms with Crippen molar-refractivity contribution >= 4 is 11.6 Å². The quantitative estimate of drug-likeness (QED) is 0.832. The van der Waals surface area contributed by atoms with Crippen LogP contribution in [0.25, 0.3) is 0 Å². The molecule has 14 heavy (non-hydrogen) atoms. The molecule has 0 fully saturated rings. The lowest BCUT2D eigenvalue weighted by molar-refractivity contribution is 0.0670. The van der Waals surface area contributed by atoms with Crippen LogP contribution in [0.2, 0.25) is 5.02 Å². The van der Waals surface area contributed by atoms with Gasteiger partial charge < -0.3 is 10.5 Å². The Bertz CT molecular complexity index is 279. The molecule has 0 saturated carbocycles. The van der Waals surface area contributed by atoms with Crippen molar-refractivity contribution in [3.8, 4) is 0 Å². The minimum Gasteiger partial charge on any atom is -0.377 e. The first kappa shape index (κ1) is 11.5. The number of hydrogen-bond donors (Lipinski definition) is 1. The Hall–Kier alpha value is -0.580.